The van der Waals surface area contributed by atoms with Gasteiger partial charge in [0.1, 0.15) is 5.75 Å². The number of para-hydroxylation sites is 1. The zero-order valence-corrected chi connectivity index (χ0v) is 22.0. The number of fused-ring (bicyclic) bond motifs is 1. The number of anilines is 3. The fraction of sp³-hybridized carbons (Fsp3) is 0.179. The number of piperazine rings is 1. The van der Waals surface area contributed by atoms with E-state index in [2.05, 4.69) is 10.3 Å². The van der Waals surface area contributed by atoms with Crippen molar-refractivity contribution in [3.05, 3.63) is 90.6 Å². The maximum absolute atomic E-state index is 13.1. The van der Waals surface area contributed by atoms with Gasteiger partial charge in [0.15, 0.2) is 0 Å². The van der Waals surface area contributed by atoms with E-state index in [9.17, 15) is 18.4 Å². The number of carbonyl (C=O) groups excluding carboxylic acids is 2. The minimum atomic E-state index is -2.36. The molecule has 0 saturated carbocycles. The van der Waals surface area contributed by atoms with Gasteiger partial charge in [-0.25, -0.2) is 13.3 Å². The molecule has 200 valence electrons. The molecule has 1 fully saturated rings. The van der Waals surface area contributed by atoms with Gasteiger partial charge in [0.2, 0.25) is 0 Å². The van der Waals surface area contributed by atoms with Crippen LogP contribution < -0.4 is 14.4 Å². The lowest BCUT2D eigenvalue weighted by Crippen LogP contribution is -2.51. The van der Waals surface area contributed by atoms with E-state index in [0.717, 1.165) is 5.39 Å². The lowest BCUT2D eigenvalue weighted by molar-refractivity contribution is 0.0671. The van der Waals surface area contributed by atoms with Crippen LogP contribution in [0, 0.1) is 0 Å². The third-order valence-corrected chi connectivity index (χ3v) is 7.25. The van der Waals surface area contributed by atoms with Gasteiger partial charge >= 0.3 is 6.03 Å². The van der Waals surface area contributed by atoms with Crippen LogP contribution in [-0.2, 0) is 11.3 Å². The van der Waals surface area contributed by atoms with Crippen LogP contribution >= 0.6 is 0 Å². The third kappa shape index (κ3) is 5.69. The fourth-order valence-corrected chi connectivity index (χ4v) is 5.09. The summed E-state index contributed by atoms with van der Waals surface area (Å²) in [5, 5.41) is 3.70. The molecule has 0 radical (unpaired) electrons. The van der Waals surface area contributed by atoms with Crippen LogP contribution in [0.2, 0.25) is 0 Å². The molecule has 0 spiro atoms. The molecule has 5 rings (SSSR count). The van der Waals surface area contributed by atoms with Gasteiger partial charge in [0.05, 0.1) is 24.0 Å². The maximum Gasteiger partial charge on any atom is 0.321 e. The first kappa shape index (κ1) is 26.1. The van der Waals surface area contributed by atoms with Crippen LogP contribution in [0.5, 0.6) is 5.75 Å². The Morgan fingerprint density at radius 3 is 2.26 bits per heavy atom. The Kier molecular flexibility index (Phi) is 7.71. The molecule has 1 saturated heterocycles. The van der Waals surface area contributed by atoms with Crippen LogP contribution in [0.4, 0.5) is 21.9 Å². The second kappa shape index (κ2) is 11.5. The van der Waals surface area contributed by atoms with Gasteiger partial charge in [-0.2, -0.15) is 0 Å². The number of urea groups is 1. The summed E-state index contributed by atoms with van der Waals surface area (Å²) in [7, 11) is 1.58. The van der Waals surface area contributed by atoms with Crippen molar-refractivity contribution in [2.75, 3.05) is 42.9 Å². The van der Waals surface area contributed by atoms with Gasteiger partial charge < -0.3 is 19.9 Å². The van der Waals surface area contributed by atoms with Crippen molar-refractivity contribution in [1.82, 2.24) is 14.8 Å². The molecule has 4 aromatic rings. The van der Waals surface area contributed by atoms with Gasteiger partial charge in [0.25, 0.3) is 17.2 Å². The number of nitrogens with one attached hydrogen (secondary N) is 1. The number of nitrogens with zero attached hydrogens (tertiary/aromatic N) is 4. The molecule has 1 aliphatic heterocycles. The summed E-state index contributed by atoms with van der Waals surface area (Å²) >= 11 is -2.36. The number of rotatable bonds is 6. The van der Waals surface area contributed by atoms with E-state index >= 15 is 0 Å². The molecule has 1 aromatic heterocycles. The quantitative estimate of drug-likeness (QED) is 0.345. The lowest BCUT2D eigenvalue weighted by Gasteiger charge is -2.34. The fourth-order valence-electron chi connectivity index (χ4n) is 4.48. The number of ether oxygens (including phenoxy) is 1. The Morgan fingerprint density at radius 1 is 0.923 bits per heavy atom. The van der Waals surface area contributed by atoms with Crippen LogP contribution in [-0.4, -0.2) is 68.8 Å². The van der Waals surface area contributed by atoms with E-state index in [0.29, 0.717) is 60.1 Å². The predicted molar refractivity (Wildman–Crippen MR) is 151 cm³/mol. The maximum atomic E-state index is 13.1. The van der Waals surface area contributed by atoms with Crippen molar-refractivity contribution in [2.24, 2.45) is 0 Å². The zero-order valence-electron chi connectivity index (χ0n) is 21.2. The van der Waals surface area contributed by atoms with Crippen molar-refractivity contribution >= 4 is 51.2 Å². The molecular formula is C28H27N5O5S. The summed E-state index contributed by atoms with van der Waals surface area (Å²) in [5.74, 6) is 0.538. The highest BCUT2D eigenvalue weighted by Crippen LogP contribution is 2.32. The molecule has 3 amide bonds. The van der Waals surface area contributed by atoms with Gasteiger partial charge in [-0.05, 0) is 60.7 Å². The highest BCUT2D eigenvalue weighted by molar-refractivity contribution is 7.81. The minimum absolute atomic E-state index is 0.166. The number of carbonyl (C=O) groups is 2. The zero-order chi connectivity index (χ0) is 27.4. The van der Waals surface area contributed by atoms with Crippen LogP contribution in [0.25, 0.3) is 10.9 Å². The van der Waals surface area contributed by atoms with Gasteiger partial charge in [-0.1, -0.05) is 18.2 Å². The van der Waals surface area contributed by atoms with E-state index < -0.39 is 11.3 Å². The Bertz CT molecular complexity index is 1500. The summed E-state index contributed by atoms with van der Waals surface area (Å²) in [6.07, 6.45) is 1.63. The first-order valence-corrected chi connectivity index (χ1v) is 13.3. The Morgan fingerprint density at radius 2 is 1.59 bits per heavy atom. The molecule has 1 unspecified atom stereocenters. The predicted octanol–water partition coefficient (Wildman–Crippen LogP) is 4.51. The molecule has 3 aromatic carbocycles. The van der Waals surface area contributed by atoms with Crippen LogP contribution in [0.1, 0.15) is 10.4 Å². The van der Waals surface area contributed by atoms with Crippen molar-refractivity contribution in [2.45, 2.75) is 0 Å². The molecule has 10 nitrogen and oxygen atoms in total. The molecule has 2 N–H and O–H groups in total. The number of benzene rings is 3. The molecular weight excluding hydrogens is 518 g/mol. The number of methoxy groups -OCH3 is 1. The number of aromatic nitrogens is 1. The first-order valence-electron chi connectivity index (χ1n) is 12.3. The first-order chi connectivity index (χ1) is 18.9. The highest BCUT2D eigenvalue weighted by atomic mass is 32.2. The molecule has 0 bridgehead atoms. The van der Waals surface area contributed by atoms with Gasteiger partial charge in [-0.3, -0.25) is 14.3 Å². The smallest absolute Gasteiger partial charge is 0.321 e. The van der Waals surface area contributed by atoms with Crippen LogP contribution in [0.3, 0.4) is 0 Å². The normalized spacial score (nSPS) is 14.1. The van der Waals surface area contributed by atoms with E-state index in [4.69, 9.17) is 4.74 Å². The molecule has 1 atom stereocenters. The van der Waals surface area contributed by atoms with E-state index in [1.54, 1.807) is 89.8 Å². The summed E-state index contributed by atoms with van der Waals surface area (Å²) in [4.78, 5) is 33.5. The minimum Gasteiger partial charge on any atom is -0.497 e. The Labute approximate surface area is 228 Å². The summed E-state index contributed by atoms with van der Waals surface area (Å²) in [6, 6.07) is 22.5. The largest absolute Gasteiger partial charge is 0.497 e. The van der Waals surface area contributed by atoms with Gasteiger partial charge in [0, 0.05) is 49.0 Å². The molecule has 2 heterocycles. The average molecular weight is 546 g/mol. The van der Waals surface area contributed by atoms with Crippen molar-refractivity contribution in [3.8, 4) is 5.75 Å². The Hall–Kier alpha value is -4.48. The third-order valence-electron chi connectivity index (χ3n) is 6.53. The van der Waals surface area contributed by atoms with Crippen molar-refractivity contribution in [1.29, 1.82) is 0 Å². The molecule has 1 aliphatic rings. The van der Waals surface area contributed by atoms with Gasteiger partial charge in [-0.15, -0.1) is 0 Å². The summed E-state index contributed by atoms with van der Waals surface area (Å²) < 4.78 is 28.8. The van der Waals surface area contributed by atoms with Crippen molar-refractivity contribution in [3.63, 3.8) is 0 Å². The number of hydrogen-bond acceptors (Lipinski definition) is 5. The Balaban J connectivity index is 1.23. The molecule has 11 heteroatoms. The average Bonchev–Trinajstić information content (AvgIpc) is 2.98. The molecule has 39 heavy (non-hydrogen) atoms. The van der Waals surface area contributed by atoms with Crippen LogP contribution in [0.15, 0.2) is 85.1 Å². The number of hydrogen-bond donors (Lipinski definition) is 2. The van der Waals surface area contributed by atoms with E-state index in [1.165, 1.54) is 4.31 Å². The lowest BCUT2D eigenvalue weighted by atomic mass is 10.1. The van der Waals surface area contributed by atoms with E-state index in [-0.39, 0.29) is 11.9 Å². The second-order valence-corrected chi connectivity index (χ2v) is 9.69. The second-order valence-electron chi connectivity index (χ2n) is 8.86. The van der Waals surface area contributed by atoms with E-state index in [1.807, 2.05) is 12.1 Å². The SMILES string of the molecule is COc1ccc(NC(=O)N2CCN(C(=O)c3ccc(N(c4cccc5cccnc45)S(=O)O)cc3)CC2)cc1. The van der Waals surface area contributed by atoms with Crippen molar-refractivity contribution < 1.29 is 23.1 Å². The number of amides is 3. The highest BCUT2D eigenvalue weighted by Gasteiger charge is 2.26. The summed E-state index contributed by atoms with van der Waals surface area (Å²) in [5.41, 5.74) is 2.64. The topological polar surface area (TPSA) is 115 Å². The molecule has 0 aliphatic carbocycles. The summed E-state index contributed by atoms with van der Waals surface area (Å²) in [6.45, 7) is 1.59. The monoisotopic (exact) mass is 545 g/mol. The standard InChI is InChI=1S/C28H27N5O5S/c1-38-24-13-9-22(10-14-24)30-28(35)32-18-16-31(17-19-32)27(34)21-7-11-23(12-8-21)33(39(36)37)25-6-2-4-20-5-3-15-29-26(20)25/h2-15H,16-19H2,1H3,(H,30,35)(H,36,37). The number of pyridine rings is 1.